The van der Waals surface area contributed by atoms with Crippen LogP contribution in [0.25, 0.3) is 11.0 Å². The molecule has 23 heavy (non-hydrogen) atoms. The number of H-pyrrole nitrogens is 1. The summed E-state index contributed by atoms with van der Waals surface area (Å²) in [6.07, 6.45) is 0. The lowest BCUT2D eigenvalue weighted by Crippen LogP contribution is -2.48. The van der Waals surface area contributed by atoms with Gasteiger partial charge in [-0.1, -0.05) is 29.8 Å². The molecule has 0 saturated heterocycles. The Labute approximate surface area is 131 Å². The molecule has 112 valence electrons. The average molecular weight is 306 g/mol. The highest BCUT2D eigenvalue weighted by Gasteiger charge is 2.51. The van der Waals surface area contributed by atoms with Crippen molar-refractivity contribution in [1.82, 2.24) is 0 Å². The van der Waals surface area contributed by atoms with E-state index in [1.807, 2.05) is 37.3 Å². The van der Waals surface area contributed by atoms with Crippen LogP contribution < -0.4 is 20.2 Å². The topological polar surface area (TPSA) is 81.4 Å². The number of nitrogen functional groups attached to an aromatic ring is 1. The predicted molar refractivity (Wildman–Crippen MR) is 83.9 cm³/mol. The number of nitrogens with two attached hydrogens (primary N) is 1. The van der Waals surface area contributed by atoms with Crippen molar-refractivity contribution in [1.29, 1.82) is 0 Å². The van der Waals surface area contributed by atoms with Gasteiger partial charge in [0.15, 0.2) is 11.0 Å². The minimum Gasteiger partial charge on any atom is -0.283 e. The van der Waals surface area contributed by atoms with Gasteiger partial charge in [0.05, 0.1) is 0 Å². The fourth-order valence-electron chi connectivity index (χ4n) is 2.84. The van der Waals surface area contributed by atoms with E-state index >= 15 is 0 Å². The fraction of sp³-hybridized carbons (Fsp3) is 0.0588. The highest BCUT2D eigenvalue weighted by molar-refractivity contribution is 6.22. The molecule has 6 nitrogen and oxygen atoms in total. The van der Waals surface area contributed by atoms with E-state index < -0.39 is 11.9 Å². The smallest absolute Gasteiger partial charge is 0.283 e. The number of anilines is 2. The van der Waals surface area contributed by atoms with Crippen LogP contribution in [0.5, 0.6) is 0 Å². The highest BCUT2D eigenvalue weighted by Crippen LogP contribution is 2.23. The van der Waals surface area contributed by atoms with Crippen molar-refractivity contribution in [3.8, 4) is 0 Å². The predicted octanol–water partition coefficient (Wildman–Crippen LogP) is 1.46. The number of nitrogens with one attached hydrogen (secondary N) is 1. The van der Waals surface area contributed by atoms with Gasteiger partial charge in [0.25, 0.3) is 0 Å². The molecular formula is C17H14N4O2+2. The van der Waals surface area contributed by atoms with Crippen molar-refractivity contribution in [2.24, 2.45) is 0 Å². The Morgan fingerprint density at radius 1 is 1.04 bits per heavy atom. The number of rotatable bonds is 1. The number of benzene rings is 2. The van der Waals surface area contributed by atoms with Gasteiger partial charge in [-0.2, -0.15) is 4.79 Å². The van der Waals surface area contributed by atoms with Gasteiger partial charge in [-0.05, 0) is 31.2 Å². The summed E-state index contributed by atoms with van der Waals surface area (Å²) in [5, 5.41) is 0. The van der Waals surface area contributed by atoms with Gasteiger partial charge in [0, 0.05) is 0 Å². The molecule has 2 amide bonds. The molecule has 1 aliphatic heterocycles. The summed E-state index contributed by atoms with van der Waals surface area (Å²) in [6.45, 7) is 1.95. The zero-order valence-electron chi connectivity index (χ0n) is 12.4. The first kappa shape index (κ1) is 13.4. The summed E-state index contributed by atoms with van der Waals surface area (Å²) in [6, 6.07) is 14.0. The number of amides is 2. The van der Waals surface area contributed by atoms with E-state index in [0.717, 1.165) is 10.5 Å². The molecule has 0 saturated carbocycles. The lowest BCUT2D eigenvalue weighted by Gasteiger charge is -2.04. The summed E-state index contributed by atoms with van der Waals surface area (Å²) in [5.74, 6) is -0.255. The summed E-state index contributed by atoms with van der Waals surface area (Å²) in [5.41, 5.74) is 9.03. The molecule has 0 fully saturated rings. The number of carbonyl (C=O) groups is 2. The Kier molecular flexibility index (Phi) is 2.68. The van der Waals surface area contributed by atoms with E-state index in [1.54, 1.807) is 18.2 Å². The Morgan fingerprint density at radius 2 is 1.74 bits per heavy atom. The van der Waals surface area contributed by atoms with E-state index in [2.05, 4.69) is 4.98 Å². The number of hydrogen-bond donors (Lipinski definition) is 1. The molecule has 4 rings (SSSR count). The molecule has 3 aromatic rings. The second kappa shape index (κ2) is 4.61. The summed E-state index contributed by atoms with van der Waals surface area (Å²) in [4.78, 5) is 29.7. The molecule has 2 heterocycles. The van der Waals surface area contributed by atoms with Crippen LogP contribution in [0.2, 0.25) is 0 Å². The molecule has 0 spiro atoms. The first-order valence-electron chi connectivity index (χ1n) is 7.19. The molecule has 1 aromatic heterocycles. The van der Waals surface area contributed by atoms with Gasteiger partial charge in [-0.3, -0.25) is 5.73 Å². The molecule has 6 heteroatoms. The third-order valence-electron chi connectivity index (χ3n) is 3.97. The fourth-order valence-corrected chi connectivity index (χ4v) is 2.84. The van der Waals surface area contributed by atoms with E-state index in [9.17, 15) is 9.59 Å². The van der Waals surface area contributed by atoms with Crippen LogP contribution >= 0.6 is 0 Å². The number of imide groups is 1. The second-order valence-corrected chi connectivity index (χ2v) is 5.50. The Morgan fingerprint density at radius 3 is 2.48 bits per heavy atom. The zero-order chi connectivity index (χ0) is 16.1. The molecule has 0 unspecified atom stereocenters. The lowest BCUT2D eigenvalue weighted by molar-refractivity contribution is -0.548. The van der Waals surface area contributed by atoms with Crippen molar-refractivity contribution >= 4 is 34.5 Å². The minimum absolute atomic E-state index is 0.161. The summed E-state index contributed by atoms with van der Waals surface area (Å²) in [7, 11) is 0. The van der Waals surface area contributed by atoms with Crippen LogP contribution in [0.4, 0.5) is 16.3 Å². The first-order chi connectivity index (χ1) is 11.1. The normalized spacial score (nSPS) is 13.7. The van der Waals surface area contributed by atoms with Crippen molar-refractivity contribution in [2.75, 3.05) is 10.6 Å². The number of carbonyl (C=O) groups excluding carboxylic acids is 2. The van der Waals surface area contributed by atoms with E-state index in [-0.39, 0.29) is 11.5 Å². The van der Waals surface area contributed by atoms with Gasteiger partial charge in [0.2, 0.25) is 0 Å². The van der Waals surface area contributed by atoms with Crippen LogP contribution in [0.15, 0.2) is 48.5 Å². The maximum absolute atomic E-state index is 12.9. The largest absolute Gasteiger partial charge is 0.512 e. The van der Waals surface area contributed by atoms with Crippen molar-refractivity contribution in [3.63, 3.8) is 0 Å². The van der Waals surface area contributed by atoms with Gasteiger partial charge < -0.3 is 0 Å². The number of aromatic amines is 1. The molecule has 3 N–H and O–H groups in total. The minimum atomic E-state index is -0.432. The van der Waals surface area contributed by atoms with Crippen molar-refractivity contribution < 1.29 is 19.1 Å². The Hall–Kier alpha value is -3.28. The number of aryl methyl sites for hydroxylation is 1. The monoisotopic (exact) mass is 306 g/mol. The molecule has 1 aliphatic rings. The Bertz CT molecular complexity index is 980. The van der Waals surface area contributed by atoms with Gasteiger partial charge >= 0.3 is 23.5 Å². The molecule has 0 aliphatic carbocycles. The van der Waals surface area contributed by atoms with Crippen molar-refractivity contribution in [2.45, 2.75) is 6.92 Å². The van der Waals surface area contributed by atoms with Crippen LogP contribution in [0.1, 0.15) is 16.1 Å². The third-order valence-corrected chi connectivity index (χ3v) is 3.97. The van der Waals surface area contributed by atoms with Crippen LogP contribution in [-0.2, 0) is 0 Å². The average Bonchev–Trinajstić information content (AvgIpc) is 2.81. The number of para-hydroxylation sites is 2. The van der Waals surface area contributed by atoms with Crippen LogP contribution in [0.3, 0.4) is 0 Å². The maximum atomic E-state index is 12.9. The third kappa shape index (κ3) is 1.81. The van der Waals surface area contributed by atoms with Gasteiger partial charge in [-0.15, -0.1) is 9.47 Å². The van der Waals surface area contributed by atoms with E-state index in [1.165, 1.54) is 4.57 Å². The number of hydrogen-bond acceptors (Lipinski definition) is 3. The lowest BCUT2D eigenvalue weighted by atomic mass is 10.2. The highest BCUT2D eigenvalue weighted by atomic mass is 16.2. The SMILES string of the molecule is Cc1ccc(N2C(=O)c3c(N)[nH+]c4ccccc4[n+]3C2=O)cc1. The summed E-state index contributed by atoms with van der Waals surface area (Å²) >= 11 is 0. The zero-order valence-corrected chi connectivity index (χ0v) is 12.4. The molecule has 0 bridgehead atoms. The first-order valence-corrected chi connectivity index (χ1v) is 7.19. The Balaban J connectivity index is 1.97. The standard InChI is InChI=1S/C17H12N4O2/c1-10-6-8-11(9-7-10)20-16(22)14-15(18)19-12-4-2-3-5-13(12)21(14)17(20)23/h2-9H,1H3,(H-,18,19,22)/p+2. The molecule has 0 atom stereocenters. The van der Waals surface area contributed by atoms with Crippen LogP contribution in [0, 0.1) is 6.92 Å². The summed E-state index contributed by atoms with van der Waals surface area (Å²) < 4.78 is 1.36. The quantitative estimate of drug-likeness (QED) is 0.691. The number of nitrogens with zero attached hydrogens (tertiary/aromatic N) is 2. The molecule has 0 radical (unpaired) electrons. The molecular weight excluding hydrogens is 292 g/mol. The number of aromatic nitrogens is 2. The maximum Gasteiger partial charge on any atom is 0.512 e. The van der Waals surface area contributed by atoms with E-state index in [0.29, 0.717) is 16.7 Å². The van der Waals surface area contributed by atoms with Crippen LogP contribution in [-0.4, -0.2) is 11.9 Å². The second-order valence-electron chi connectivity index (χ2n) is 5.50. The van der Waals surface area contributed by atoms with Gasteiger partial charge in [-0.25, -0.2) is 9.78 Å². The number of fused-ring (bicyclic) bond motifs is 3. The molecule has 2 aromatic carbocycles. The van der Waals surface area contributed by atoms with E-state index in [4.69, 9.17) is 5.73 Å². The van der Waals surface area contributed by atoms with Gasteiger partial charge in [0.1, 0.15) is 5.69 Å². The van der Waals surface area contributed by atoms with Crippen molar-refractivity contribution in [3.05, 3.63) is 59.8 Å².